The second-order valence-corrected chi connectivity index (χ2v) is 4.59. The SMILES string of the molecule is Cc1nc2ccccc2cc1Cc1ccccc1. The van der Waals surface area contributed by atoms with Crippen LogP contribution < -0.4 is 0 Å². The molecule has 0 saturated carbocycles. The van der Waals surface area contributed by atoms with E-state index in [1.165, 1.54) is 16.5 Å². The molecule has 0 atom stereocenters. The third-order valence-electron chi connectivity index (χ3n) is 3.26. The lowest BCUT2D eigenvalue weighted by Gasteiger charge is -2.07. The average molecular weight is 233 g/mol. The van der Waals surface area contributed by atoms with Crippen LogP contribution >= 0.6 is 0 Å². The molecule has 2 aromatic carbocycles. The highest BCUT2D eigenvalue weighted by Crippen LogP contribution is 2.18. The number of hydrogen-bond donors (Lipinski definition) is 0. The minimum absolute atomic E-state index is 0.949. The van der Waals surface area contributed by atoms with Gasteiger partial charge in [-0.1, -0.05) is 48.5 Å². The number of para-hydroxylation sites is 1. The van der Waals surface area contributed by atoms with Crippen LogP contribution in [0.1, 0.15) is 16.8 Å². The van der Waals surface area contributed by atoms with Gasteiger partial charge in [-0.3, -0.25) is 4.98 Å². The minimum Gasteiger partial charge on any atom is -0.253 e. The summed E-state index contributed by atoms with van der Waals surface area (Å²) in [5, 5.41) is 1.22. The van der Waals surface area contributed by atoms with Crippen molar-refractivity contribution in [1.82, 2.24) is 4.98 Å². The summed E-state index contributed by atoms with van der Waals surface area (Å²) in [6, 6.07) is 21.1. The molecule has 0 aliphatic carbocycles. The summed E-state index contributed by atoms with van der Waals surface area (Å²) in [5.41, 5.74) is 4.84. The first-order chi connectivity index (χ1) is 8.83. The number of fused-ring (bicyclic) bond motifs is 1. The molecule has 18 heavy (non-hydrogen) atoms. The largest absolute Gasteiger partial charge is 0.253 e. The van der Waals surface area contributed by atoms with Crippen LogP contribution in [0.3, 0.4) is 0 Å². The van der Waals surface area contributed by atoms with Gasteiger partial charge < -0.3 is 0 Å². The standard InChI is InChI=1S/C17H15N/c1-13-16(11-14-7-3-2-4-8-14)12-15-9-5-6-10-17(15)18-13/h2-10,12H,11H2,1H3. The van der Waals surface area contributed by atoms with E-state index in [1.54, 1.807) is 0 Å². The molecule has 1 nitrogen and oxygen atoms in total. The first kappa shape index (κ1) is 11.0. The van der Waals surface area contributed by atoms with Crippen molar-refractivity contribution < 1.29 is 0 Å². The zero-order chi connectivity index (χ0) is 12.4. The van der Waals surface area contributed by atoms with Gasteiger partial charge in [0, 0.05) is 11.1 Å². The lowest BCUT2D eigenvalue weighted by atomic mass is 10.0. The summed E-state index contributed by atoms with van der Waals surface area (Å²) in [7, 11) is 0. The Hall–Kier alpha value is -2.15. The lowest BCUT2D eigenvalue weighted by Crippen LogP contribution is -1.95. The van der Waals surface area contributed by atoms with E-state index in [9.17, 15) is 0 Å². The Morgan fingerprint density at radius 3 is 2.44 bits per heavy atom. The average Bonchev–Trinajstić information content (AvgIpc) is 2.41. The monoisotopic (exact) mass is 233 g/mol. The second kappa shape index (κ2) is 4.61. The molecule has 1 heterocycles. The normalized spacial score (nSPS) is 10.7. The third kappa shape index (κ3) is 2.12. The Balaban J connectivity index is 2.04. The highest BCUT2D eigenvalue weighted by Gasteiger charge is 2.03. The van der Waals surface area contributed by atoms with Crippen molar-refractivity contribution in [3.8, 4) is 0 Å². The molecule has 0 aliphatic rings. The summed E-state index contributed by atoms with van der Waals surface area (Å²) in [5.74, 6) is 0. The van der Waals surface area contributed by atoms with Crippen LogP contribution in [-0.2, 0) is 6.42 Å². The number of pyridine rings is 1. The van der Waals surface area contributed by atoms with Crippen LogP contribution in [0.2, 0.25) is 0 Å². The number of aryl methyl sites for hydroxylation is 1. The molecule has 0 fully saturated rings. The van der Waals surface area contributed by atoms with Crippen molar-refractivity contribution in [1.29, 1.82) is 0 Å². The van der Waals surface area contributed by atoms with Crippen molar-refractivity contribution in [2.24, 2.45) is 0 Å². The van der Waals surface area contributed by atoms with E-state index in [-0.39, 0.29) is 0 Å². The molecule has 0 amide bonds. The van der Waals surface area contributed by atoms with Gasteiger partial charge in [-0.15, -0.1) is 0 Å². The number of nitrogens with zero attached hydrogens (tertiary/aromatic N) is 1. The Labute approximate surface area is 107 Å². The highest BCUT2D eigenvalue weighted by atomic mass is 14.7. The van der Waals surface area contributed by atoms with Crippen LogP contribution in [0.5, 0.6) is 0 Å². The summed E-state index contributed by atoms with van der Waals surface area (Å²) in [6.45, 7) is 2.09. The maximum atomic E-state index is 4.67. The summed E-state index contributed by atoms with van der Waals surface area (Å²) < 4.78 is 0. The molecular formula is C17H15N. The van der Waals surface area contributed by atoms with E-state index in [2.05, 4.69) is 66.5 Å². The van der Waals surface area contributed by atoms with Gasteiger partial charge in [0.25, 0.3) is 0 Å². The first-order valence-corrected chi connectivity index (χ1v) is 6.22. The Bertz CT molecular complexity index is 672. The molecule has 3 aromatic rings. The number of hydrogen-bond acceptors (Lipinski definition) is 1. The van der Waals surface area contributed by atoms with Crippen molar-refractivity contribution in [3.63, 3.8) is 0 Å². The van der Waals surface area contributed by atoms with E-state index in [0.717, 1.165) is 17.6 Å². The number of aromatic nitrogens is 1. The van der Waals surface area contributed by atoms with Crippen molar-refractivity contribution in [3.05, 3.63) is 77.5 Å². The maximum absolute atomic E-state index is 4.67. The van der Waals surface area contributed by atoms with Crippen LogP contribution in [0.15, 0.2) is 60.7 Å². The third-order valence-corrected chi connectivity index (χ3v) is 3.26. The molecular weight excluding hydrogens is 218 g/mol. The van der Waals surface area contributed by atoms with E-state index in [0.29, 0.717) is 0 Å². The molecule has 0 spiro atoms. The molecule has 0 N–H and O–H groups in total. The molecule has 0 bridgehead atoms. The second-order valence-electron chi connectivity index (χ2n) is 4.59. The van der Waals surface area contributed by atoms with Crippen molar-refractivity contribution >= 4 is 10.9 Å². The van der Waals surface area contributed by atoms with Gasteiger partial charge in [-0.2, -0.15) is 0 Å². The lowest BCUT2D eigenvalue weighted by molar-refractivity contribution is 1.10. The van der Waals surface area contributed by atoms with Gasteiger partial charge in [0.1, 0.15) is 0 Å². The minimum atomic E-state index is 0.949. The molecule has 1 heteroatoms. The van der Waals surface area contributed by atoms with Gasteiger partial charge in [-0.25, -0.2) is 0 Å². The summed E-state index contributed by atoms with van der Waals surface area (Å²) in [4.78, 5) is 4.67. The fraction of sp³-hybridized carbons (Fsp3) is 0.118. The van der Waals surface area contributed by atoms with Crippen LogP contribution in [0, 0.1) is 6.92 Å². The van der Waals surface area contributed by atoms with E-state index < -0.39 is 0 Å². The zero-order valence-corrected chi connectivity index (χ0v) is 10.4. The summed E-state index contributed by atoms with van der Waals surface area (Å²) in [6.07, 6.45) is 0.949. The predicted molar refractivity (Wildman–Crippen MR) is 75.7 cm³/mol. The van der Waals surface area contributed by atoms with Gasteiger partial charge in [0.2, 0.25) is 0 Å². The quantitative estimate of drug-likeness (QED) is 0.648. The van der Waals surface area contributed by atoms with Crippen molar-refractivity contribution in [2.75, 3.05) is 0 Å². The molecule has 0 radical (unpaired) electrons. The summed E-state index contributed by atoms with van der Waals surface area (Å²) >= 11 is 0. The molecule has 0 saturated heterocycles. The fourth-order valence-electron chi connectivity index (χ4n) is 2.25. The molecule has 1 aromatic heterocycles. The van der Waals surface area contributed by atoms with Gasteiger partial charge >= 0.3 is 0 Å². The highest BCUT2D eigenvalue weighted by molar-refractivity contribution is 5.79. The van der Waals surface area contributed by atoms with Crippen molar-refractivity contribution in [2.45, 2.75) is 13.3 Å². The van der Waals surface area contributed by atoms with Crippen LogP contribution in [0.25, 0.3) is 10.9 Å². The Morgan fingerprint density at radius 1 is 0.889 bits per heavy atom. The Morgan fingerprint density at radius 2 is 1.61 bits per heavy atom. The van der Waals surface area contributed by atoms with Crippen LogP contribution in [0.4, 0.5) is 0 Å². The van der Waals surface area contributed by atoms with Gasteiger partial charge in [0.05, 0.1) is 5.52 Å². The maximum Gasteiger partial charge on any atom is 0.0705 e. The number of benzene rings is 2. The Kier molecular flexibility index (Phi) is 2.81. The zero-order valence-electron chi connectivity index (χ0n) is 10.4. The molecule has 0 unspecified atom stereocenters. The topological polar surface area (TPSA) is 12.9 Å². The van der Waals surface area contributed by atoms with Crippen LogP contribution in [-0.4, -0.2) is 4.98 Å². The van der Waals surface area contributed by atoms with E-state index in [4.69, 9.17) is 0 Å². The number of rotatable bonds is 2. The fourth-order valence-corrected chi connectivity index (χ4v) is 2.25. The van der Waals surface area contributed by atoms with Gasteiger partial charge in [-0.05, 0) is 36.6 Å². The predicted octanol–water partition coefficient (Wildman–Crippen LogP) is 4.13. The first-order valence-electron chi connectivity index (χ1n) is 6.22. The molecule has 0 aliphatic heterocycles. The van der Waals surface area contributed by atoms with E-state index in [1.807, 2.05) is 6.07 Å². The molecule has 88 valence electrons. The van der Waals surface area contributed by atoms with Gasteiger partial charge in [0.15, 0.2) is 0 Å². The molecule has 3 rings (SSSR count). The van der Waals surface area contributed by atoms with E-state index >= 15 is 0 Å². The smallest absolute Gasteiger partial charge is 0.0705 e.